The molecule has 1 heterocycles. The molecule has 0 saturated heterocycles. The fourth-order valence-corrected chi connectivity index (χ4v) is 2.40. The number of carbonyl (C=O) groups is 2. The van der Waals surface area contributed by atoms with Crippen LogP contribution in [0.3, 0.4) is 0 Å². The number of nitrogens with one attached hydrogen (secondary N) is 3. The highest BCUT2D eigenvalue weighted by atomic mass is 35.5. The highest BCUT2D eigenvalue weighted by Gasteiger charge is 2.12. The Morgan fingerprint density at radius 1 is 1.09 bits per heavy atom. The Balaban J connectivity index is 1.99. The Morgan fingerprint density at radius 3 is 2.18 bits per heavy atom. The van der Waals surface area contributed by atoms with Crippen LogP contribution in [-0.2, 0) is 9.84 Å². The second kappa shape index (κ2) is 6.20. The molecule has 9 heteroatoms. The number of hydrogen-bond acceptors (Lipinski definition) is 4. The van der Waals surface area contributed by atoms with Gasteiger partial charge in [-0.15, -0.1) is 0 Å². The third-order valence-electron chi connectivity index (χ3n) is 2.73. The lowest BCUT2D eigenvalue weighted by atomic mass is 10.2. The minimum atomic E-state index is -3.32. The average molecular weight is 342 g/mol. The van der Waals surface area contributed by atoms with Crippen LogP contribution in [0.1, 0.15) is 20.8 Å². The van der Waals surface area contributed by atoms with Crippen molar-refractivity contribution < 1.29 is 18.0 Å². The number of hydrazine groups is 1. The van der Waals surface area contributed by atoms with Gasteiger partial charge < -0.3 is 4.98 Å². The highest BCUT2D eigenvalue weighted by molar-refractivity contribution is 7.90. The van der Waals surface area contributed by atoms with Crippen molar-refractivity contribution in [2.45, 2.75) is 4.90 Å². The first-order chi connectivity index (χ1) is 10.3. The Bertz CT molecular complexity index is 812. The topological polar surface area (TPSA) is 108 Å². The van der Waals surface area contributed by atoms with Gasteiger partial charge in [0.05, 0.1) is 9.92 Å². The number of benzene rings is 1. The van der Waals surface area contributed by atoms with Gasteiger partial charge in [0, 0.05) is 18.0 Å². The zero-order valence-corrected chi connectivity index (χ0v) is 13.0. The number of aromatic amines is 1. The van der Waals surface area contributed by atoms with Crippen LogP contribution < -0.4 is 10.9 Å². The maximum absolute atomic E-state index is 11.8. The van der Waals surface area contributed by atoms with Crippen molar-refractivity contribution in [3.8, 4) is 0 Å². The van der Waals surface area contributed by atoms with E-state index in [0.717, 1.165) is 6.26 Å². The maximum atomic E-state index is 11.8. The van der Waals surface area contributed by atoms with E-state index in [-0.39, 0.29) is 16.2 Å². The minimum absolute atomic E-state index is 0.106. The molecular formula is C13H12ClN3O4S. The van der Waals surface area contributed by atoms with Crippen LogP contribution in [0, 0.1) is 0 Å². The van der Waals surface area contributed by atoms with Gasteiger partial charge in [-0.2, -0.15) is 0 Å². The van der Waals surface area contributed by atoms with E-state index in [4.69, 9.17) is 11.6 Å². The first-order valence-electron chi connectivity index (χ1n) is 6.02. The second-order valence-corrected chi connectivity index (χ2v) is 6.89. The van der Waals surface area contributed by atoms with Crippen molar-refractivity contribution in [3.63, 3.8) is 0 Å². The summed E-state index contributed by atoms with van der Waals surface area (Å²) in [5, 5.41) is 0.368. The van der Waals surface area contributed by atoms with Crippen LogP contribution in [0.5, 0.6) is 0 Å². The lowest BCUT2D eigenvalue weighted by Crippen LogP contribution is -2.41. The van der Waals surface area contributed by atoms with Gasteiger partial charge in [-0.05, 0) is 30.3 Å². The van der Waals surface area contributed by atoms with E-state index in [1.165, 1.54) is 36.5 Å². The van der Waals surface area contributed by atoms with Gasteiger partial charge in [0.15, 0.2) is 9.84 Å². The van der Waals surface area contributed by atoms with Gasteiger partial charge in [0.1, 0.15) is 5.69 Å². The van der Waals surface area contributed by atoms with Gasteiger partial charge in [-0.25, -0.2) is 8.42 Å². The summed E-state index contributed by atoms with van der Waals surface area (Å²) in [6.07, 6.45) is 2.51. The van der Waals surface area contributed by atoms with Crippen molar-refractivity contribution >= 4 is 33.3 Å². The molecule has 0 aliphatic heterocycles. The van der Waals surface area contributed by atoms with Crippen LogP contribution >= 0.6 is 11.6 Å². The summed E-state index contributed by atoms with van der Waals surface area (Å²) in [7, 11) is -3.32. The molecule has 2 rings (SSSR count). The molecule has 0 aliphatic carbocycles. The zero-order valence-electron chi connectivity index (χ0n) is 11.4. The summed E-state index contributed by atoms with van der Waals surface area (Å²) in [6, 6.07) is 6.74. The third kappa shape index (κ3) is 3.86. The van der Waals surface area contributed by atoms with E-state index in [2.05, 4.69) is 15.8 Å². The van der Waals surface area contributed by atoms with E-state index >= 15 is 0 Å². The molecule has 1 aromatic heterocycles. The standard InChI is InChI=1S/C13H12ClN3O4S/c1-22(20,21)10-4-2-8(3-5-10)12(18)16-17-13(19)11-6-9(14)7-15-11/h2-7,15H,1H3,(H,16,18)(H,17,19). The van der Waals surface area contributed by atoms with Crippen LogP contribution in [0.2, 0.25) is 5.02 Å². The van der Waals surface area contributed by atoms with E-state index in [1.807, 2.05) is 0 Å². The molecule has 2 amide bonds. The van der Waals surface area contributed by atoms with E-state index < -0.39 is 21.7 Å². The average Bonchev–Trinajstić information content (AvgIpc) is 2.90. The van der Waals surface area contributed by atoms with E-state index in [0.29, 0.717) is 5.02 Å². The van der Waals surface area contributed by atoms with Gasteiger partial charge >= 0.3 is 0 Å². The monoisotopic (exact) mass is 341 g/mol. The lowest BCUT2D eigenvalue weighted by molar-refractivity contribution is 0.0844. The molecule has 0 saturated carbocycles. The minimum Gasteiger partial charge on any atom is -0.356 e. The first-order valence-corrected chi connectivity index (χ1v) is 8.29. The summed E-state index contributed by atoms with van der Waals surface area (Å²) in [5.74, 6) is -1.14. The molecule has 0 spiro atoms. The number of hydrogen-bond donors (Lipinski definition) is 3. The molecule has 0 aliphatic rings. The van der Waals surface area contributed by atoms with Crippen molar-refractivity contribution in [1.29, 1.82) is 0 Å². The van der Waals surface area contributed by atoms with Crippen molar-refractivity contribution in [3.05, 3.63) is 52.8 Å². The molecular weight excluding hydrogens is 330 g/mol. The van der Waals surface area contributed by atoms with Crippen LogP contribution in [0.15, 0.2) is 41.4 Å². The Morgan fingerprint density at radius 2 is 1.68 bits per heavy atom. The van der Waals surface area contributed by atoms with E-state index in [1.54, 1.807) is 0 Å². The van der Waals surface area contributed by atoms with Crippen LogP contribution in [0.25, 0.3) is 0 Å². The van der Waals surface area contributed by atoms with Crippen molar-refractivity contribution in [2.75, 3.05) is 6.26 Å². The van der Waals surface area contributed by atoms with Gasteiger partial charge in [-0.3, -0.25) is 20.4 Å². The molecule has 0 bridgehead atoms. The SMILES string of the molecule is CS(=O)(=O)c1ccc(C(=O)NNC(=O)c2cc(Cl)c[nH]2)cc1. The zero-order chi connectivity index (χ0) is 16.3. The number of aromatic nitrogens is 1. The summed E-state index contributed by atoms with van der Waals surface area (Å²) in [5.41, 5.74) is 4.82. The predicted molar refractivity (Wildman–Crippen MR) is 80.3 cm³/mol. The van der Waals surface area contributed by atoms with Gasteiger partial charge in [0.25, 0.3) is 11.8 Å². The maximum Gasteiger partial charge on any atom is 0.286 e. The Hall–Kier alpha value is -2.32. The molecule has 0 fully saturated rings. The summed E-state index contributed by atoms with van der Waals surface area (Å²) < 4.78 is 22.6. The molecule has 0 atom stereocenters. The summed E-state index contributed by atoms with van der Waals surface area (Å²) in [4.78, 5) is 26.3. The highest BCUT2D eigenvalue weighted by Crippen LogP contribution is 2.10. The molecule has 3 N–H and O–H groups in total. The van der Waals surface area contributed by atoms with E-state index in [9.17, 15) is 18.0 Å². The number of H-pyrrole nitrogens is 1. The quantitative estimate of drug-likeness (QED) is 0.727. The van der Waals surface area contributed by atoms with Crippen LogP contribution in [-0.4, -0.2) is 31.5 Å². The lowest BCUT2D eigenvalue weighted by Gasteiger charge is -2.07. The molecule has 7 nitrogen and oxygen atoms in total. The third-order valence-corrected chi connectivity index (χ3v) is 4.07. The Kier molecular flexibility index (Phi) is 4.53. The molecule has 1 aromatic carbocycles. The smallest absolute Gasteiger partial charge is 0.286 e. The van der Waals surface area contributed by atoms with Crippen molar-refractivity contribution in [2.24, 2.45) is 0 Å². The second-order valence-electron chi connectivity index (χ2n) is 4.44. The summed E-state index contributed by atoms with van der Waals surface area (Å²) in [6.45, 7) is 0. The number of rotatable bonds is 3. The van der Waals surface area contributed by atoms with Gasteiger partial charge in [0.2, 0.25) is 0 Å². The molecule has 116 valence electrons. The fraction of sp³-hybridized carbons (Fsp3) is 0.0769. The largest absolute Gasteiger partial charge is 0.356 e. The number of carbonyl (C=O) groups excluding carboxylic acids is 2. The predicted octanol–water partition coefficient (Wildman–Crippen LogP) is 1.15. The fourth-order valence-electron chi connectivity index (χ4n) is 1.61. The van der Waals surface area contributed by atoms with Crippen molar-refractivity contribution in [1.82, 2.24) is 15.8 Å². The Labute approximate surface area is 131 Å². The molecule has 0 radical (unpaired) electrons. The summed E-state index contributed by atoms with van der Waals surface area (Å²) >= 11 is 5.67. The number of amides is 2. The molecule has 0 unspecified atom stereocenters. The molecule has 2 aromatic rings. The van der Waals surface area contributed by atoms with Gasteiger partial charge in [-0.1, -0.05) is 11.6 Å². The number of sulfone groups is 1. The normalized spacial score (nSPS) is 11.0. The first kappa shape index (κ1) is 16.1. The van der Waals surface area contributed by atoms with Crippen LogP contribution in [0.4, 0.5) is 0 Å². The number of halogens is 1. The molecule has 22 heavy (non-hydrogen) atoms.